The van der Waals surface area contributed by atoms with Gasteiger partial charge in [-0.05, 0) is 24.6 Å². The third-order valence-electron chi connectivity index (χ3n) is 3.09. The fourth-order valence-electron chi connectivity index (χ4n) is 1.88. The Labute approximate surface area is 127 Å². The first-order valence-corrected chi connectivity index (χ1v) is 7.16. The highest BCUT2D eigenvalue weighted by atomic mass is 19.4. The highest BCUT2D eigenvalue weighted by Gasteiger charge is 2.30. The summed E-state index contributed by atoms with van der Waals surface area (Å²) in [5.41, 5.74) is 4.74. The Bertz CT molecular complexity index is 478. The molecule has 1 atom stereocenters. The molecule has 3 N–H and O–H groups in total. The summed E-state index contributed by atoms with van der Waals surface area (Å²) in [6.07, 6.45) is -1.74. The van der Waals surface area contributed by atoms with E-state index in [1.54, 1.807) is 0 Å². The van der Waals surface area contributed by atoms with E-state index in [-0.39, 0.29) is 18.4 Å². The molecule has 0 saturated heterocycles. The standard InChI is InChI=1S/C15H21F3N2O2/c1-2-3-6-12(9-19)20-14(21)10-22-13-7-4-5-11(8-13)15(16,17)18/h4-5,7-8,12H,2-3,6,9-10,19H2,1H3,(H,20,21). The Morgan fingerprint density at radius 3 is 2.73 bits per heavy atom. The third kappa shape index (κ3) is 6.34. The van der Waals surface area contributed by atoms with Crippen molar-refractivity contribution >= 4 is 5.91 Å². The van der Waals surface area contributed by atoms with Gasteiger partial charge in [0, 0.05) is 12.6 Å². The van der Waals surface area contributed by atoms with Crippen LogP contribution >= 0.6 is 0 Å². The lowest BCUT2D eigenvalue weighted by Crippen LogP contribution is -2.42. The van der Waals surface area contributed by atoms with Crippen LogP contribution in [0.1, 0.15) is 31.7 Å². The molecule has 0 radical (unpaired) electrons. The van der Waals surface area contributed by atoms with Crippen LogP contribution in [0.5, 0.6) is 5.75 Å². The molecule has 7 heteroatoms. The SMILES string of the molecule is CCCCC(CN)NC(=O)COc1cccc(C(F)(F)F)c1. The molecule has 1 aromatic carbocycles. The highest BCUT2D eigenvalue weighted by molar-refractivity contribution is 5.77. The zero-order valence-corrected chi connectivity index (χ0v) is 12.5. The van der Waals surface area contributed by atoms with Gasteiger partial charge in [-0.15, -0.1) is 0 Å². The molecule has 22 heavy (non-hydrogen) atoms. The normalized spacial score (nSPS) is 12.8. The van der Waals surface area contributed by atoms with Crippen molar-refractivity contribution in [1.82, 2.24) is 5.32 Å². The van der Waals surface area contributed by atoms with Crippen LogP contribution in [0.15, 0.2) is 24.3 Å². The fourth-order valence-corrected chi connectivity index (χ4v) is 1.88. The number of carbonyl (C=O) groups is 1. The van der Waals surface area contributed by atoms with E-state index in [9.17, 15) is 18.0 Å². The number of ether oxygens (including phenoxy) is 1. The third-order valence-corrected chi connectivity index (χ3v) is 3.09. The van der Waals surface area contributed by atoms with Gasteiger partial charge in [-0.1, -0.05) is 25.8 Å². The summed E-state index contributed by atoms with van der Waals surface area (Å²) >= 11 is 0. The molecule has 1 aromatic rings. The largest absolute Gasteiger partial charge is 0.484 e. The summed E-state index contributed by atoms with van der Waals surface area (Å²) < 4.78 is 42.8. The van der Waals surface area contributed by atoms with E-state index in [4.69, 9.17) is 10.5 Å². The zero-order valence-electron chi connectivity index (χ0n) is 12.5. The van der Waals surface area contributed by atoms with Gasteiger partial charge in [0.2, 0.25) is 0 Å². The maximum Gasteiger partial charge on any atom is 0.416 e. The van der Waals surface area contributed by atoms with Crippen LogP contribution in [0, 0.1) is 0 Å². The predicted octanol–water partition coefficient (Wildman–Crippen LogP) is 2.72. The van der Waals surface area contributed by atoms with E-state index < -0.39 is 17.6 Å². The number of nitrogens with one attached hydrogen (secondary N) is 1. The molecule has 0 aliphatic rings. The molecular formula is C15H21F3N2O2. The predicted molar refractivity (Wildman–Crippen MR) is 77.4 cm³/mol. The monoisotopic (exact) mass is 318 g/mol. The van der Waals surface area contributed by atoms with Gasteiger partial charge in [0.15, 0.2) is 6.61 Å². The molecule has 0 aliphatic carbocycles. The van der Waals surface area contributed by atoms with Crippen molar-refractivity contribution in [1.29, 1.82) is 0 Å². The average Bonchev–Trinajstić information content (AvgIpc) is 2.48. The van der Waals surface area contributed by atoms with Gasteiger partial charge in [0.05, 0.1) is 5.56 Å². The van der Waals surface area contributed by atoms with Gasteiger partial charge in [-0.2, -0.15) is 13.2 Å². The molecule has 1 amide bonds. The van der Waals surface area contributed by atoms with Crippen LogP contribution in [-0.4, -0.2) is 25.1 Å². The molecular weight excluding hydrogens is 297 g/mol. The van der Waals surface area contributed by atoms with Gasteiger partial charge in [0.1, 0.15) is 5.75 Å². The van der Waals surface area contributed by atoms with Crippen LogP contribution in [-0.2, 0) is 11.0 Å². The van der Waals surface area contributed by atoms with Crippen LogP contribution in [0.4, 0.5) is 13.2 Å². The van der Waals surface area contributed by atoms with Crippen LogP contribution in [0.25, 0.3) is 0 Å². The number of nitrogens with two attached hydrogens (primary N) is 1. The lowest BCUT2D eigenvalue weighted by molar-refractivity contribution is -0.137. The second-order valence-corrected chi connectivity index (χ2v) is 4.96. The minimum Gasteiger partial charge on any atom is -0.484 e. The first-order chi connectivity index (χ1) is 10.4. The zero-order chi connectivity index (χ0) is 16.6. The molecule has 0 heterocycles. The van der Waals surface area contributed by atoms with E-state index in [0.717, 1.165) is 31.4 Å². The number of hydrogen-bond donors (Lipinski definition) is 2. The van der Waals surface area contributed by atoms with Crippen molar-refractivity contribution in [3.05, 3.63) is 29.8 Å². The Balaban J connectivity index is 2.50. The first-order valence-electron chi connectivity index (χ1n) is 7.16. The van der Waals surface area contributed by atoms with Gasteiger partial charge in [0.25, 0.3) is 5.91 Å². The fraction of sp³-hybridized carbons (Fsp3) is 0.533. The molecule has 0 aliphatic heterocycles. The smallest absolute Gasteiger partial charge is 0.416 e. The molecule has 124 valence electrons. The summed E-state index contributed by atoms with van der Waals surface area (Å²) in [5.74, 6) is -0.396. The Morgan fingerprint density at radius 1 is 1.41 bits per heavy atom. The van der Waals surface area contributed by atoms with Crippen molar-refractivity contribution in [3.63, 3.8) is 0 Å². The van der Waals surface area contributed by atoms with Gasteiger partial charge >= 0.3 is 6.18 Å². The summed E-state index contributed by atoms with van der Waals surface area (Å²) in [6, 6.07) is 4.28. The number of hydrogen-bond acceptors (Lipinski definition) is 3. The number of benzene rings is 1. The topological polar surface area (TPSA) is 64.3 Å². The summed E-state index contributed by atoms with van der Waals surface area (Å²) in [6.45, 7) is 2.01. The Kier molecular flexibility index (Phi) is 7.17. The van der Waals surface area contributed by atoms with Gasteiger partial charge in [-0.3, -0.25) is 4.79 Å². The molecule has 0 aromatic heterocycles. The molecule has 0 bridgehead atoms. The maximum atomic E-state index is 12.6. The lowest BCUT2D eigenvalue weighted by Gasteiger charge is -2.16. The van der Waals surface area contributed by atoms with Crippen molar-refractivity contribution in [3.8, 4) is 5.75 Å². The summed E-state index contributed by atoms with van der Waals surface area (Å²) in [4.78, 5) is 11.7. The van der Waals surface area contributed by atoms with Crippen LogP contribution < -0.4 is 15.8 Å². The van der Waals surface area contributed by atoms with Crippen molar-refractivity contribution in [2.24, 2.45) is 5.73 Å². The van der Waals surface area contributed by atoms with Gasteiger partial charge < -0.3 is 15.8 Å². The number of alkyl halides is 3. The maximum absolute atomic E-state index is 12.6. The highest BCUT2D eigenvalue weighted by Crippen LogP contribution is 2.31. The molecule has 1 rings (SSSR count). The molecule has 0 saturated carbocycles. The molecule has 4 nitrogen and oxygen atoms in total. The molecule has 0 spiro atoms. The number of carbonyl (C=O) groups excluding carboxylic acids is 1. The van der Waals surface area contributed by atoms with Crippen LogP contribution in [0.3, 0.4) is 0 Å². The lowest BCUT2D eigenvalue weighted by atomic mass is 10.1. The van der Waals surface area contributed by atoms with E-state index in [0.29, 0.717) is 6.54 Å². The number of halogens is 3. The van der Waals surface area contributed by atoms with E-state index >= 15 is 0 Å². The number of rotatable bonds is 8. The number of unbranched alkanes of at least 4 members (excludes halogenated alkanes) is 1. The van der Waals surface area contributed by atoms with E-state index in [1.807, 2.05) is 6.92 Å². The second-order valence-electron chi connectivity index (χ2n) is 4.96. The van der Waals surface area contributed by atoms with Crippen LogP contribution in [0.2, 0.25) is 0 Å². The molecule has 0 fully saturated rings. The first kappa shape index (κ1) is 18.3. The minimum atomic E-state index is -4.44. The summed E-state index contributed by atoms with van der Waals surface area (Å²) in [7, 11) is 0. The quantitative estimate of drug-likeness (QED) is 0.774. The van der Waals surface area contributed by atoms with Crippen molar-refractivity contribution in [2.75, 3.05) is 13.2 Å². The van der Waals surface area contributed by atoms with E-state index in [1.165, 1.54) is 12.1 Å². The number of amides is 1. The van der Waals surface area contributed by atoms with Crippen molar-refractivity contribution in [2.45, 2.75) is 38.4 Å². The Hall–Kier alpha value is -1.76. The molecule has 1 unspecified atom stereocenters. The second kappa shape index (κ2) is 8.63. The average molecular weight is 318 g/mol. The summed E-state index contributed by atoms with van der Waals surface area (Å²) in [5, 5.41) is 2.71. The van der Waals surface area contributed by atoms with Crippen molar-refractivity contribution < 1.29 is 22.7 Å². The van der Waals surface area contributed by atoms with E-state index in [2.05, 4.69) is 5.32 Å². The Morgan fingerprint density at radius 2 is 2.14 bits per heavy atom. The van der Waals surface area contributed by atoms with Gasteiger partial charge in [-0.25, -0.2) is 0 Å². The minimum absolute atomic E-state index is 0.00262.